The zero-order chi connectivity index (χ0) is 10.8. The molecule has 1 rings (SSSR count). The molecule has 0 radical (unpaired) electrons. The van der Waals surface area contributed by atoms with Gasteiger partial charge >= 0.3 is 5.97 Å². The third-order valence-corrected chi connectivity index (χ3v) is 1.92. The minimum absolute atomic E-state index is 0.0995. The van der Waals surface area contributed by atoms with Gasteiger partial charge in [-0.2, -0.15) is 0 Å². The fourth-order valence-electron chi connectivity index (χ4n) is 0.939. The standard InChI is InChI=1S/C9H12N2O3/c1-9(10,5-12)7-3-2-6(4-11-7)8(13)14/h2-4,12H,5,10H2,1H3,(H,13,14)/t9-/m1/s1. The summed E-state index contributed by atoms with van der Waals surface area (Å²) >= 11 is 0. The van der Waals surface area contributed by atoms with Crippen LogP contribution in [-0.2, 0) is 5.54 Å². The number of carboxylic acids is 1. The molecule has 76 valence electrons. The van der Waals surface area contributed by atoms with Gasteiger partial charge in [0, 0.05) is 6.20 Å². The fourth-order valence-corrected chi connectivity index (χ4v) is 0.939. The molecule has 0 bridgehead atoms. The Morgan fingerprint density at radius 3 is 2.64 bits per heavy atom. The van der Waals surface area contributed by atoms with Crippen molar-refractivity contribution in [2.24, 2.45) is 5.73 Å². The molecule has 4 N–H and O–H groups in total. The Kier molecular flexibility index (Phi) is 2.83. The molecule has 0 fully saturated rings. The topological polar surface area (TPSA) is 96.4 Å². The van der Waals surface area contributed by atoms with Gasteiger partial charge in [0.25, 0.3) is 0 Å². The van der Waals surface area contributed by atoms with E-state index >= 15 is 0 Å². The first-order chi connectivity index (χ1) is 6.47. The van der Waals surface area contributed by atoms with Crippen molar-refractivity contribution in [3.63, 3.8) is 0 Å². The molecular formula is C9H12N2O3. The zero-order valence-corrected chi connectivity index (χ0v) is 7.77. The summed E-state index contributed by atoms with van der Waals surface area (Å²) in [7, 11) is 0. The van der Waals surface area contributed by atoms with Crippen molar-refractivity contribution >= 4 is 5.97 Å². The molecule has 0 aliphatic carbocycles. The van der Waals surface area contributed by atoms with Gasteiger partial charge in [-0.3, -0.25) is 4.98 Å². The average Bonchev–Trinajstić information content (AvgIpc) is 2.18. The maximum absolute atomic E-state index is 10.5. The lowest BCUT2D eigenvalue weighted by Gasteiger charge is -2.20. The molecule has 1 heterocycles. The number of carbonyl (C=O) groups is 1. The molecule has 0 saturated heterocycles. The van der Waals surface area contributed by atoms with Crippen molar-refractivity contribution in [1.29, 1.82) is 0 Å². The number of carboxylic acid groups (broad SMARTS) is 1. The molecule has 5 nitrogen and oxygen atoms in total. The SMILES string of the molecule is C[C@@](N)(CO)c1ccc(C(=O)O)cn1. The van der Waals surface area contributed by atoms with Gasteiger partial charge in [0.2, 0.25) is 0 Å². The molecule has 1 aromatic rings. The van der Waals surface area contributed by atoms with Crippen LogP contribution in [0.2, 0.25) is 0 Å². The van der Waals surface area contributed by atoms with Crippen LogP contribution in [0, 0.1) is 0 Å². The van der Waals surface area contributed by atoms with Crippen LogP contribution in [0.1, 0.15) is 23.0 Å². The van der Waals surface area contributed by atoms with Gasteiger partial charge < -0.3 is 15.9 Å². The summed E-state index contributed by atoms with van der Waals surface area (Å²) in [6.07, 6.45) is 1.22. The van der Waals surface area contributed by atoms with E-state index in [1.54, 1.807) is 6.92 Å². The van der Waals surface area contributed by atoms with Crippen LogP contribution in [0.4, 0.5) is 0 Å². The second-order valence-corrected chi connectivity index (χ2v) is 3.31. The van der Waals surface area contributed by atoms with Gasteiger partial charge in [-0.05, 0) is 19.1 Å². The summed E-state index contributed by atoms with van der Waals surface area (Å²) in [5.74, 6) is -1.04. The van der Waals surface area contributed by atoms with E-state index < -0.39 is 11.5 Å². The molecular weight excluding hydrogens is 184 g/mol. The van der Waals surface area contributed by atoms with Crippen molar-refractivity contribution in [1.82, 2.24) is 4.98 Å². The van der Waals surface area contributed by atoms with Crippen LogP contribution < -0.4 is 5.73 Å². The Morgan fingerprint density at radius 2 is 2.29 bits per heavy atom. The number of aromatic nitrogens is 1. The summed E-state index contributed by atoms with van der Waals surface area (Å²) in [6.45, 7) is 1.38. The second kappa shape index (κ2) is 3.73. The molecule has 0 saturated carbocycles. The molecule has 14 heavy (non-hydrogen) atoms. The number of hydrogen-bond acceptors (Lipinski definition) is 4. The van der Waals surface area contributed by atoms with E-state index in [1.807, 2.05) is 0 Å². The smallest absolute Gasteiger partial charge is 0.337 e. The lowest BCUT2D eigenvalue weighted by atomic mass is 9.99. The lowest BCUT2D eigenvalue weighted by molar-refractivity contribution is 0.0696. The third-order valence-electron chi connectivity index (χ3n) is 1.92. The van der Waals surface area contributed by atoms with Gasteiger partial charge in [0.05, 0.1) is 23.4 Å². The number of nitrogens with two attached hydrogens (primary N) is 1. The molecule has 0 amide bonds. The Labute approximate surface area is 81.2 Å². The molecule has 5 heteroatoms. The molecule has 0 aromatic carbocycles. The van der Waals surface area contributed by atoms with Gasteiger partial charge in [-0.25, -0.2) is 4.79 Å². The summed E-state index contributed by atoms with van der Waals surface area (Å²) in [4.78, 5) is 14.4. The second-order valence-electron chi connectivity index (χ2n) is 3.31. The largest absolute Gasteiger partial charge is 0.478 e. The summed E-state index contributed by atoms with van der Waals surface area (Å²) in [5.41, 5.74) is 5.33. The van der Waals surface area contributed by atoms with Crippen LogP contribution in [0.25, 0.3) is 0 Å². The van der Waals surface area contributed by atoms with Gasteiger partial charge in [-0.15, -0.1) is 0 Å². The monoisotopic (exact) mass is 196 g/mol. The maximum atomic E-state index is 10.5. The predicted octanol–water partition coefficient (Wildman–Crippen LogP) is -0.0540. The molecule has 1 atom stereocenters. The zero-order valence-electron chi connectivity index (χ0n) is 7.77. The molecule has 0 aliphatic rings. The van der Waals surface area contributed by atoms with E-state index in [9.17, 15) is 4.79 Å². The summed E-state index contributed by atoms with van der Waals surface area (Å²) < 4.78 is 0. The van der Waals surface area contributed by atoms with Crippen molar-refractivity contribution in [2.45, 2.75) is 12.5 Å². The van der Waals surface area contributed by atoms with Crippen LogP contribution in [0.15, 0.2) is 18.3 Å². The van der Waals surface area contributed by atoms with E-state index in [0.717, 1.165) is 0 Å². The van der Waals surface area contributed by atoms with Gasteiger partial charge in [0.1, 0.15) is 0 Å². The highest BCUT2D eigenvalue weighted by Crippen LogP contribution is 2.14. The maximum Gasteiger partial charge on any atom is 0.337 e. The Hall–Kier alpha value is -1.46. The number of aromatic carboxylic acids is 1. The highest BCUT2D eigenvalue weighted by molar-refractivity contribution is 5.87. The summed E-state index contributed by atoms with van der Waals surface area (Å²) in [5, 5.41) is 17.6. The lowest BCUT2D eigenvalue weighted by Crippen LogP contribution is -2.37. The molecule has 1 aromatic heterocycles. The number of aliphatic hydroxyl groups excluding tert-OH is 1. The van der Waals surface area contributed by atoms with Crippen molar-refractivity contribution in [3.05, 3.63) is 29.6 Å². The van der Waals surface area contributed by atoms with Gasteiger partial charge in [0.15, 0.2) is 0 Å². The predicted molar refractivity (Wildman–Crippen MR) is 49.8 cm³/mol. The number of aliphatic hydroxyl groups is 1. The average molecular weight is 196 g/mol. The first-order valence-corrected chi connectivity index (χ1v) is 4.07. The van der Waals surface area contributed by atoms with Crippen molar-refractivity contribution in [2.75, 3.05) is 6.61 Å². The van der Waals surface area contributed by atoms with E-state index in [-0.39, 0.29) is 12.2 Å². The number of pyridine rings is 1. The van der Waals surface area contributed by atoms with Gasteiger partial charge in [-0.1, -0.05) is 0 Å². The number of nitrogens with zero attached hydrogens (tertiary/aromatic N) is 1. The fraction of sp³-hybridized carbons (Fsp3) is 0.333. The Bertz CT molecular complexity index is 332. The molecule has 0 aliphatic heterocycles. The number of rotatable bonds is 3. The van der Waals surface area contributed by atoms with Crippen LogP contribution in [0.3, 0.4) is 0 Å². The highest BCUT2D eigenvalue weighted by atomic mass is 16.4. The minimum Gasteiger partial charge on any atom is -0.478 e. The van der Waals surface area contributed by atoms with E-state index in [2.05, 4.69) is 4.98 Å². The first kappa shape index (κ1) is 10.6. The quantitative estimate of drug-likeness (QED) is 0.629. The Balaban J connectivity index is 2.99. The summed E-state index contributed by atoms with van der Waals surface area (Å²) in [6, 6.07) is 2.91. The first-order valence-electron chi connectivity index (χ1n) is 4.07. The Morgan fingerprint density at radius 1 is 1.64 bits per heavy atom. The van der Waals surface area contributed by atoms with Crippen LogP contribution >= 0.6 is 0 Å². The third kappa shape index (κ3) is 2.07. The van der Waals surface area contributed by atoms with E-state index in [1.165, 1.54) is 18.3 Å². The van der Waals surface area contributed by atoms with E-state index in [0.29, 0.717) is 5.69 Å². The molecule has 0 spiro atoms. The number of hydrogen-bond donors (Lipinski definition) is 3. The van der Waals surface area contributed by atoms with Crippen LogP contribution in [-0.4, -0.2) is 27.8 Å². The highest BCUT2D eigenvalue weighted by Gasteiger charge is 2.21. The van der Waals surface area contributed by atoms with Crippen LogP contribution in [0.5, 0.6) is 0 Å². The minimum atomic E-state index is -1.04. The molecule has 0 unspecified atom stereocenters. The normalized spacial score (nSPS) is 14.8. The van der Waals surface area contributed by atoms with E-state index in [4.69, 9.17) is 15.9 Å². The van der Waals surface area contributed by atoms with Crippen molar-refractivity contribution < 1.29 is 15.0 Å². The van der Waals surface area contributed by atoms with Crippen molar-refractivity contribution in [3.8, 4) is 0 Å².